The van der Waals surface area contributed by atoms with E-state index in [4.69, 9.17) is 4.74 Å². The first-order valence-electron chi connectivity index (χ1n) is 9.23. The number of benzene rings is 2. The fourth-order valence-corrected chi connectivity index (χ4v) is 2.70. The fraction of sp³-hybridized carbons (Fsp3) is 0.364. The lowest BCUT2D eigenvalue weighted by atomic mass is 10.1. The van der Waals surface area contributed by atoms with Gasteiger partial charge in [0.05, 0.1) is 13.0 Å². The molecule has 0 saturated carbocycles. The Morgan fingerprint density at radius 1 is 1.07 bits per heavy atom. The summed E-state index contributed by atoms with van der Waals surface area (Å²) in [4.78, 5) is 25.5. The second-order valence-electron chi connectivity index (χ2n) is 6.63. The predicted octanol–water partition coefficient (Wildman–Crippen LogP) is 4.08. The van der Waals surface area contributed by atoms with Gasteiger partial charge in [0.15, 0.2) is 0 Å². The topological polar surface area (TPSA) is 58.6 Å². The molecule has 0 heterocycles. The van der Waals surface area contributed by atoms with Crippen molar-refractivity contribution < 1.29 is 14.3 Å². The number of aryl methyl sites for hydroxylation is 2. The third-order valence-corrected chi connectivity index (χ3v) is 4.49. The lowest BCUT2D eigenvalue weighted by molar-refractivity contribution is -0.129. The molecule has 0 aromatic heterocycles. The van der Waals surface area contributed by atoms with Crippen molar-refractivity contribution in [2.75, 3.05) is 18.5 Å². The fourth-order valence-electron chi connectivity index (χ4n) is 2.70. The maximum atomic E-state index is 12.2. The largest absolute Gasteiger partial charge is 0.493 e. The van der Waals surface area contributed by atoms with Crippen molar-refractivity contribution in [3.63, 3.8) is 0 Å². The van der Waals surface area contributed by atoms with E-state index in [-0.39, 0.29) is 18.2 Å². The smallest absolute Gasteiger partial charge is 0.227 e. The van der Waals surface area contributed by atoms with Crippen molar-refractivity contribution in [2.24, 2.45) is 0 Å². The highest BCUT2D eigenvalue weighted by atomic mass is 16.5. The summed E-state index contributed by atoms with van der Waals surface area (Å²) in [5.41, 5.74) is 4.09. The molecule has 0 fully saturated rings. The number of nitrogens with one attached hydrogen (secondary N) is 1. The lowest BCUT2D eigenvalue weighted by Gasteiger charge is -2.19. The number of ether oxygens (including phenoxy) is 1. The Balaban J connectivity index is 1.85. The van der Waals surface area contributed by atoms with E-state index in [0.29, 0.717) is 19.7 Å². The molecule has 0 radical (unpaired) electrons. The molecule has 0 aliphatic carbocycles. The second-order valence-corrected chi connectivity index (χ2v) is 6.63. The minimum Gasteiger partial charge on any atom is -0.493 e. The number of hydrogen-bond donors (Lipinski definition) is 1. The molecular formula is C22H28N2O3. The molecule has 0 aliphatic rings. The Hall–Kier alpha value is -2.82. The zero-order chi connectivity index (χ0) is 19.8. The number of rotatable bonds is 8. The first-order chi connectivity index (χ1) is 12.9. The van der Waals surface area contributed by atoms with Crippen LogP contribution in [0.4, 0.5) is 5.69 Å². The van der Waals surface area contributed by atoms with Crippen LogP contribution in [0.25, 0.3) is 0 Å². The summed E-state index contributed by atoms with van der Waals surface area (Å²) in [6.45, 7) is 9.10. The van der Waals surface area contributed by atoms with Crippen LogP contribution < -0.4 is 10.1 Å². The molecule has 5 heteroatoms. The van der Waals surface area contributed by atoms with E-state index >= 15 is 0 Å². The van der Waals surface area contributed by atoms with Crippen LogP contribution >= 0.6 is 0 Å². The Kier molecular flexibility index (Phi) is 7.41. The molecule has 5 nitrogen and oxygen atoms in total. The minimum atomic E-state index is -0.102. The Labute approximate surface area is 161 Å². The Morgan fingerprint density at radius 2 is 1.85 bits per heavy atom. The lowest BCUT2D eigenvalue weighted by Crippen LogP contribution is -2.27. The monoisotopic (exact) mass is 368 g/mol. The van der Waals surface area contributed by atoms with E-state index in [1.807, 2.05) is 56.3 Å². The van der Waals surface area contributed by atoms with Gasteiger partial charge in [0.25, 0.3) is 0 Å². The van der Waals surface area contributed by atoms with Crippen LogP contribution in [0, 0.1) is 13.8 Å². The summed E-state index contributed by atoms with van der Waals surface area (Å²) < 4.78 is 5.66. The van der Waals surface area contributed by atoms with Crippen LogP contribution in [0.1, 0.15) is 37.0 Å². The Morgan fingerprint density at radius 3 is 2.52 bits per heavy atom. The quantitative estimate of drug-likeness (QED) is 0.764. The maximum Gasteiger partial charge on any atom is 0.227 e. The molecule has 1 N–H and O–H groups in total. The Bertz CT molecular complexity index is 802. The van der Waals surface area contributed by atoms with Crippen LogP contribution in [-0.2, 0) is 16.1 Å². The maximum absolute atomic E-state index is 12.2. The molecule has 27 heavy (non-hydrogen) atoms. The molecule has 144 valence electrons. The molecule has 0 saturated heterocycles. The molecule has 2 amide bonds. The second kappa shape index (κ2) is 9.76. The van der Waals surface area contributed by atoms with Crippen LogP contribution in [0.5, 0.6) is 5.75 Å². The third kappa shape index (κ3) is 6.44. The molecule has 0 spiro atoms. The normalized spacial score (nSPS) is 10.4. The van der Waals surface area contributed by atoms with Gasteiger partial charge >= 0.3 is 0 Å². The zero-order valence-corrected chi connectivity index (χ0v) is 16.5. The van der Waals surface area contributed by atoms with Crippen molar-refractivity contribution in [3.8, 4) is 5.75 Å². The van der Waals surface area contributed by atoms with Gasteiger partial charge in [-0.1, -0.05) is 18.2 Å². The van der Waals surface area contributed by atoms with Crippen molar-refractivity contribution in [3.05, 3.63) is 59.2 Å². The zero-order valence-electron chi connectivity index (χ0n) is 16.5. The van der Waals surface area contributed by atoms with Gasteiger partial charge in [-0.15, -0.1) is 0 Å². The van der Waals surface area contributed by atoms with Gasteiger partial charge in [-0.05, 0) is 61.7 Å². The molecule has 2 rings (SSSR count). The standard InChI is InChI=1S/C22H28N2O3/c1-5-24(18(4)25)15-19-7-6-8-20(14-19)23-22(26)11-12-27-21-10-9-16(2)17(3)13-21/h6-10,13-14H,5,11-12,15H2,1-4H3,(H,23,26). The molecule has 2 aromatic rings. The highest BCUT2D eigenvalue weighted by Crippen LogP contribution is 2.17. The number of hydrogen-bond acceptors (Lipinski definition) is 3. The van der Waals surface area contributed by atoms with E-state index in [2.05, 4.69) is 12.2 Å². The van der Waals surface area contributed by atoms with Crippen LogP contribution in [0.2, 0.25) is 0 Å². The van der Waals surface area contributed by atoms with E-state index in [9.17, 15) is 9.59 Å². The summed E-state index contributed by atoms with van der Waals surface area (Å²) in [6.07, 6.45) is 0.270. The van der Waals surface area contributed by atoms with Crippen molar-refractivity contribution >= 4 is 17.5 Å². The van der Waals surface area contributed by atoms with Gasteiger partial charge in [0.2, 0.25) is 11.8 Å². The van der Waals surface area contributed by atoms with Gasteiger partial charge in [0, 0.05) is 25.7 Å². The predicted molar refractivity (Wildman–Crippen MR) is 108 cm³/mol. The first kappa shape index (κ1) is 20.5. The molecule has 2 aromatic carbocycles. The van der Waals surface area contributed by atoms with Gasteiger partial charge in [-0.2, -0.15) is 0 Å². The number of nitrogens with zero attached hydrogens (tertiary/aromatic N) is 1. The number of anilines is 1. The van der Waals surface area contributed by atoms with Gasteiger partial charge in [0.1, 0.15) is 5.75 Å². The van der Waals surface area contributed by atoms with Gasteiger partial charge in [-0.3, -0.25) is 9.59 Å². The van der Waals surface area contributed by atoms with Crippen molar-refractivity contribution in [2.45, 2.75) is 40.7 Å². The van der Waals surface area contributed by atoms with Crippen molar-refractivity contribution in [1.29, 1.82) is 0 Å². The highest BCUT2D eigenvalue weighted by molar-refractivity contribution is 5.90. The average Bonchev–Trinajstić information content (AvgIpc) is 2.62. The summed E-state index contributed by atoms with van der Waals surface area (Å²) in [5, 5.41) is 2.89. The summed E-state index contributed by atoms with van der Waals surface area (Å²) in [6, 6.07) is 13.5. The highest BCUT2D eigenvalue weighted by Gasteiger charge is 2.08. The molecular weight excluding hydrogens is 340 g/mol. The van der Waals surface area contributed by atoms with Gasteiger partial charge in [-0.25, -0.2) is 0 Å². The van der Waals surface area contributed by atoms with E-state index < -0.39 is 0 Å². The minimum absolute atomic E-state index is 0.0374. The number of carbonyl (C=O) groups excluding carboxylic acids is 2. The number of amides is 2. The SMILES string of the molecule is CCN(Cc1cccc(NC(=O)CCOc2ccc(C)c(C)c2)c1)C(C)=O. The summed E-state index contributed by atoms with van der Waals surface area (Å²) in [7, 11) is 0. The van der Waals surface area contributed by atoms with Crippen molar-refractivity contribution in [1.82, 2.24) is 4.90 Å². The van der Waals surface area contributed by atoms with E-state index in [1.165, 1.54) is 11.1 Å². The molecule has 0 aliphatic heterocycles. The third-order valence-electron chi connectivity index (χ3n) is 4.49. The summed E-state index contributed by atoms with van der Waals surface area (Å²) >= 11 is 0. The van der Waals surface area contributed by atoms with Gasteiger partial charge < -0.3 is 15.0 Å². The van der Waals surface area contributed by atoms with Crippen LogP contribution in [0.3, 0.4) is 0 Å². The van der Waals surface area contributed by atoms with E-state index in [0.717, 1.165) is 17.0 Å². The molecule has 0 bridgehead atoms. The van der Waals surface area contributed by atoms with E-state index in [1.54, 1.807) is 11.8 Å². The summed E-state index contributed by atoms with van der Waals surface area (Å²) in [5.74, 6) is 0.710. The number of carbonyl (C=O) groups is 2. The van der Waals surface area contributed by atoms with Crippen LogP contribution in [-0.4, -0.2) is 29.9 Å². The molecule has 0 atom stereocenters. The first-order valence-corrected chi connectivity index (χ1v) is 9.23. The average molecular weight is 368 g/mol. The van der Waals surface area contributed by atoms with Crippen LogP contribution in [0.15, 0.2) is 42.5 Å². The molecule has 0 unspecified atom stereocenters.